The zero-order chi connectivity index (χ0) is 36.5. The molecular weight excluding hydrogens is 737 g/mol. The molecule has 2 aliphatic rings. The van der Waals surface area contributed by atoms with Crippen molar-refractivity contribution in [2.45, 2.75) is 69.7 Å². The molecule has 2 unspecified atom stereocenters. The van der Waals surface area contributed by atoms with Gasteiger partial charge in [0.15, 0.2) is 23.9 Å². The first kappa shape index (κ1) is 40.5. The molecule has 2 aromatic heterocycles. The molecule has 0 bridgehead atoms. The van der Waals surface area contributed by atoms with Crippen LogP contribution in [0.2, 0.25) is 10.0 Å². The van der Waals surface area contributed by atoms with Crippen molar-refractivity contribution < 1.29 is 39.0 Å². The van der Waals surface area contributed by atoms with Crippen molar-refractivity contribution >= 4 is 46.5 Å². The van der Waals surface area contributed by atoms with Crippen LogP contribution in [-0.2, 0) is 27.2 Å². The molecule has 0 amide bonds. The zero-order valence-corrected chi connectivity index (χ0v) is 32.4. The number of H-pyrrole nitrogens is 1. The minimum Gasteiger partial charge on any atom is -0.870 e. The molecule has 6 rings (SSSR count). The van der Waals surface area contributed by atoms with Crippen LogP contribution >= 0.6 is 34.5 Å². The van der Waals surface area contributed by atoms with Crippen LogP contribution in [0.1, 0.15) is 81.9 Å². The maximum atomic E-state index is 13.8. The van der Waals surface area contributed by atoms with E-state index in [1.807, 2.05) is 54.6 Å². The third-order valence-corrected chi connectivity index (χ3v) is 11.5. The molecule has 3 heterocycles. The highest BCUT2D eigenvalue weighted by molar-refractivity contribution is 7.13. The molecule has 13 heteroatoms. The third kappa shape index (κ3) is 10.9. The summed E-state index contributed by atoms with van der Waals surface area (Å²) in [5, 5.41) is 4.25. The Kier molecular flexibility index (Phi) is 14.9. The van der Waals surface area contributed by atoms with Gasteiger partial charge in [0.05, 0.1) is 19.8 Å². The summed E-state index contributed by atoms with van der Waals surface area (Å²) >= 11 is 14.4. The Labute approximate surface area is 325 Å². The second-order valence-corrected chi connectivity index (χ2v) is 15.5. The number of esters is 2. The number of carbonyl (C=O) groups excluding carboxylic acids is 2. The number of piperidine rings is 1. The highest BCUT2D eigenvalue weighted by atomic mass is 35.5. The lowest BCUT2D eigenvalue weighted by atomic mass is 9.98. The molecule has 1 aliphatic carbocycles. The van der Waals surface area contributed by atoms with Crippen molar-refractivity contribution in [3.63, 3.8) is 0 Å². The number of aromatic nitrogens is 1. The van der Waals surface area contributed by atoms with Crippen molar-refractivity contribution in [1.29, 1.82) is 0 Å². The van der Waals surface area contributed by atoms with Gasteiger partial charge in [0.2, 0.25) is 0 Å². The molecule has 1 saturated heterocycles. The lowest BCUT2D eigenvalue weighted by Crippen LogP contribution is -2.34. The van der Waals surface area contributed by atoms with E-state index < -0.39 is 18.1 Å². The number of hydrogen-bond donors (Lipinski definition) is 1. The second-order valence-electron chi connectivity index (χ2n) is 13.5. The maximum Gasteiger partial charge on any atom is 0.348 e. The summed E-state index contributed by atoms with van der Waals surface area (Å²) in [5.41, 5.74) is 2.20. The Morgan fingerprint density at radius 1 is 0.943 bits per heavy atom. The second kappa shape index (κ2) is 19.6. The SMILES string of the molecule is COc1ccc(C(Cc2c(Cl)c[nH+]cc2Cl)OC(=O)c2ccc(CNC(C(=O)OCC3CCN(C)CC3)c3ccccc3)s2)cc1OC1CCCC1.[OH-]. The molecule has 3 N–H and O–H groups in total. The van der Waals surface area contributed by atoms with Crippen LogP contribution in [0.3, 0.4) is 0 Å². The van der Waals surface area contributed by atoms with E-state index in [4.69, 9.17) is 42.1 Å². The first-order valence-corrected chi connectivity index (χ1v) is 19.5. The van der Waals surface area contributed by atoms with Crippen molar-refractivity contribution in [3.8, 4) is 11.5 Å². The summed E-state index contributed by atoms with van der Waals surface area (Å²) in [6, 6.07) is 18.1. The van der Waals surface area contributed by atoms with E-state index in [0.29, 0.717) is 51.1 Å². The molecule has 1 aliphatic heterocycles. The number of halogens is 2. The smallest absolute Gasteiger partial charge is 0.348 e. The van der Waals surface area contributed by atoms with Crippen LogP contribution in [-0.4, -0.2) is 62.3 Å². The van der Waals surface area contributed by atoms with Crippen LogP contribution in [0, 0.1) is 5.92 Å². The Morgan fingerprint density at radius 3 is 2.36 bits per heavy atom. The van der Waals surface area contributed by atoms with Gasteiger partial charge < -0.3 is 29.3 Å². The van der Waals surface area contributed by atoms with Crippen molar-refractivity contribution in [3.05, 3.63) is 110 Å². The molecule has 53 heavy (non-hydrogen) atoms. The molecule has 2 atom stereocenters. The van der Waals surface area contributed by atoms with Crippen LogP contribution in [0.15, 0.2) is 73.1 Å². The van der Waals surface area contributed by atoms with Gasteiger partial charge in [0, 0.05) is 23.4 Å². The number of methoxy groups -OCH3 is 1. The predicted molar refractivity (Wildman–Crippen MR) is 204 cm³/mol. The van der Waals surface area contributed by atoms with Gasteiger partial charge in [-0.15, -0.1) is 11.3 Å². The number of likely N-dealkylation sites (tertiary alicyclic amines) is 1. The number of rotatable bonds is 15. The average Bonchev–Trinajstić information content (AvgIpc) is 3.86. The number of carbonyl (C=O) groups is 2. The third-order valence-electron chi connectivity index (χ3n) is 9.80. The number of ether oxygens (including phenoxy) is 4. The Hall–Kier alpha value is -3.71. The number of hydrogen-bond acceptors (Lipinski definition) is 10. The summed E-state index contributed by atoms with van der Waals surface area (Å²) in [7, 11) is 3.73. The number of pyridine rings is 1. The van der Waals surface area contributed by atoms with Crippen LogP contribution in [0.4, 0.5) is 0 Å². The van der Waals surface area contributed by atoms with Gasteiger partial charge >= 0.3 is 11.9 Å². The van der Waals surface area contributed by atoms with E-state index in [1.165, 1.54) is 11.3 Å². The number of benzene rings is 2. The summed E-state index contributed by atoms with van der Waals surface area (Å²) < 4.78 is 24.1. The van der Waals surface area contributed by atoms with Gasteiger partial charge in [-0.05, 0) is 100.0 Å². The fourth-order valence-electron chi connectivity index (χ4n) is 6.72. The van der Waals surface area contributed by atoms with Gasteiger partial charge in [-0.25, -0.2) is 14.6 Å². The van der Waals surface area contributed by atoms with Gasteiger partial charge in [-0.2, -0.15) is 0 Å². The summed E-state index contributed by atoms with van der Waals surface area (Å²) in [6.07, 6.45) is 9.17. The lowest BCUT2D eigenvalue weighted by molar-refractivity contribution is -0.377. The van der Waals surface area contributed by atoms with Crippen molar-refractivity contribution in [1.82, 2.24) is 10.2 Å². The minimum absolute atomic E-state index is 0. The number of nitrogens with zero attached hydrogens (tertiary/aromatic N) is 1. The summed E-state index contributed by atoms with van der Waals surface area (Å²) in [6.45, 7) is 2.79. The highest BCUT2D eigenvalue weighted by Crippen LogP contribution is 2.37. The predicted octanol–water partition coefficient (Wildman–Crippen LogP) is 7.88. The molecule has 2 fully saturated rings. The normalized spacial score (nSPS) is 16.4. The molecular formula is C40H47Cl2N3O7S. The van der Waals surface area contributed by atoms with Crippen LogP contribution < -0.4 is 19.8 Å². The van der Waals surface area contributed by atoms with E-state index in [0.717, 1.165) is 67.6 Å². The first-order chi connectivity index (χ1) is 25.3. The Bertz CT molecular complexity index is 1780. The number of nitrogens with one attached hydrogen (secondary N) is 2. The topological polar surface area (TPSA) is 130 Å². The summed E-state index contributed by atoms with van der Waals surface area (Å²) in [4.78, 5) is 33.7. The van der Waals surface area contributed by atoms with Crippen molar-refractivity contribution in [2.75, 3.05) is 33.9 Å². The monoisotopic (exact) mass is 783 g/mol. The quantitative estimate of drug-likeness (QED) is 0.120. The van der Waals surface area contributed by atoms with E-state index in [1.54, 1.807) is 25.6 Å². The zero-order valence-electron chi connectivity index (χ0n) is 30.0. The molecule has 284 valence electrons. The Balaban J connectivity index is 0.00000541. The van der Waals surface area contributed by atoms with Gasteiger partial charge in [0.25, 0.3) is 0 Å². The fraction of sp³-hybridized carbons (Fsp3) is 0.425. The fourth-order valence-corrected chi connectivity index (χ4v) is 8.10. The van der Waals surface area contributed by atoms with Crippen LogP contribution in [0.5, 0.6) is 11.5 Å². The average molecular weight is 785 g/mol. The maximum absolute atomic E-state index is 13.8. The minimum atomic E-state index is -0.729. The van der Waals surface area contributed by atoms with Gasteiger partial charge in [-0.3, -0.25) is 5.32 Å². The van der Waals surface area contributed by atoms with Gasteiger partial charge in [-0.1, -0.05) is 59.6 Å². The largest absolute Gasteiger partial charge is 0.870 e. The Morgan fingerprint density at radius 2 is 1.66 bits per heavy atom. The molecule has 0 radical (unpaired) electrons. The standard InChI is InChI=1S/C40H45Cl2N3O6S.H2O/c1-45-18-16-26(17-19-45)25-49-40(47)38(27-8-4-3-5-9-27)44-22-30-13-15-37(52-30)39(46)51-35(21-31-32(41)23-43-24-33(31)42)28-12-14-34(48-2)36(20-28)50-29-10-6-7-11-29;/h3-5,8-9,12-15,20,23-24,26,29,35,38,44H,6-7,10-11,16-19,21-22,25H2,1-2H3;1H2. The lowest BCUT2D eigenvalue weighted by Gasteiger charge is -2.29. The van der Waals surface area contributed by atoms with E-state index in [9.17, 15) is 9.59 Å². The molecule has 10 nitrogen and oxygen atoms in total. The first-order valence-electron chi connectivity index (χ1n) is 17.9. The summed E-state index contributed by atoms with van der Waals surface area (Å²) in [5.74, 6) is 0.788. The van der Waals surface area contributed by atoms with Gasteiger partial charge in [0.1, 0.15) is 27.1 Å². The highest BCUT2D eigenvalue weighted by Gasteiger charge is 2.28. The molecule has 1 saturated carbocycles. The molecule has 0 spiro atoms. The van der Waals surface area contributed by atoms with E-state index in [2.05, 4.69) is 22.2 Å². The van der Waals surface area contributed by atoms with E-state index >= 15 is 0 Å². The molecule has 2 aromatic carbocycles. The number of aromatic amines is 1. The van der Waals surface area contributed by atoms with Crippen molar-refractivity contribution in [2.24, 2.45) is 5.92 Å². The molecule has 4 aromatic rings. The van der Waals surface area contributed by atoms with Crippen LogP contribution in [0.25, 0.3) is 0 Å². The number of thiophene rings is 1. The van der Waals surface area contributed by atoms with E-state index in [-0.39, 0.29) is 24.0 Å².